The largest absolute Gasteiger partial charge is 0.558 e. The van der Waals surface area contributed by atoms with Gasteiger partial charge in [0.05, 0.1) is 0 Å². The van der Waals surface area contributed by atoms with E-state index in [0.29, 0.717) is 18.9 Å². The van der Waals surface area contributed by atoms with Gasteiger partial charge in [-0.05, 0) is 45.1 Å². The zero-order chi connectivity index (χ0) is 18.3. The Morgan fingerprint density at radius 2 is 1.35 bits per heavy atom. The summed E-state index contributed by atoms with van der Waals surface area (Å²) in [6.07, 6.45) is 1.29. The minimum Gasteiger partial charge on any atom is -0.558 e. The van der Waals surface area contributed by atoms with Crippen molar-refractivity contribution in [2.75, 3.05) is 13.2 Å². The van der Waals surface area contributed by atoms with E-state index in [-0.39, 0.29) is 13.2 Å². The maximum atomic E-state index is 12.6. The number of aliphatic hydroxyl groups is 2. The smallest absolute Gasteiger partial charge is 0.525 e. The highest BCUT2D eigenvalue weighted by Crippen LogP contribution is 2.21. The van der Waals surface area contributed by atoms with Crippen LogP contribution < -0.4 is 0 Å². The molecule has 0 heterocycles. The van der Waals surface area contributed by atoms with Crippen LogP contribution in [0, 0.1) is 0 Å². The normalized spacial score (nSPS) is 13.0. The minimum absolute atomic E-state index is 0.0708. The lowest BCUT2D eigenvalue weighted by molar-refractivity contribution is 0.291. The van der Waals surface area contributed by atoms with Crippen molar-refractivity contribution < 1.29 is 27.4 Å². The Balaban J connectivity index is 4.76. The van der Waals surface area contributed by atoms with Crippen molar-refractivity contribution >= 4 is 40.6 Å². The second-order valence-electron chi connectivity index (χ2n) is 7.52. The maximum Gasteiger partial charge on any atom is 0.525 e. The molecule has 0 saturated carbocycles. The third-order valence-electron chi connectivity index (χ3n) is 3.56. The van der Waals surface area contributed by atoms with E-state index in [9.17, 15) is 8.92 Å². The molecule has 0 rings (SSSR count). The molecule has 0 aliphatic carbocycles. The molecule has 0 aliphatic heterocycles. The molecule has 0 atom stereocenters. The van der Waals surface area contributed by atoms with Gasteiger partial charge in [-0.15, -0.1) is 0 Å². The van der Waals surface area contributed by atoms with Gasteiger partial charge in [-0.1, -0.05) is 19.1 Å². The summed E-state index contributed by atoms with van der Waals surface area (Å²) < 4.78 is 37.0. The Kier molecular flexibility index (Phi) is 9.90. The fraction of sp³-hybridized carbons (Fsp3) is 1.00. The predicted octanol–water partition coefficient (Wildman–Crippen LogP) is 1.90. The van der Waals surface area contributed by atoms with Crippen molar-refractivity contribution in [1.82, 2.24) is 0 Å². The average Bonchev–Trinajstić information content (AvgIpc) is 2.40. The summed E-state index contributed by atoms with van der Waals surface area (Å²) in [5, 5.41) is 17.9. The molecule has 0 spiro atoms. The number of rotatable bonds is 12. The van der Waals surface area contributed by atoms with E-state index in [0.717, 1.165) is 6.04 Å². The van der Waals surface area contributed by atoms with Gasteiger partial charge in [-0.25, -0.2) is 0 Å². The van der Waals surface area contributed by atoms with Crippen LogP contribution in [0.5, 0.6) is 0 Å². The van der Waals surface area contributed by atoms with Gasteiger partial charge in [0.15, 0.2) is 8.32 Å². The van der Waals surface area contributed by atoms with Crippen LogP contribution >= 0.6 is 0 Å². The van der Waals surface area contributed by atoms with Crippen molar-refractivity contribution in [2.24, 2.45) is 0 Å². The van der Waals surface area contributed by atoms with Crippen molar-refractivity contribution in [1.29, 1.82) is 0 Å². The van der Waals surface area contributed by atoms with Gasteiger partial charge in [-0.3, -0.25) is 0 Å². The average molecular weight is 413 g/mol. The zero-order valence-electron chi connectivity index (χ0n) is 15.3. The minimum atomic E-state index is -2.62. The highest BCUT2D eigenvalue weighted by Gasteiger charge is 2.45. The van der Waals surface area contributed by atoms with Crippen LogP contribution in [0.1, 0.15) is 12.8 Å². The van der Waals surface area contributed by atoms with E-state index < -0.39 is 40.6 Å². The SMILES string of the molecule is C[Si](C)(CCCO)O[Si](C)(C)O[Si](=O)[Si](=O)[Si](C)(C)CCCO. The molecule has 0 saturated heterocycles. The molecule has 6 nitrogen and oxygen atoms in total. The first-order valence-corrected chi connectivity index (χ1v) is 21.9. The third-order valence-corrected chi connectivity index (χ3v) is 29.6. The van der Waals surface area contributed by atoms with Gasteiger partial charge in [0, 0.05) is 13.2 Å². The molecule has 0 fully saturated rings. The van der Waals surface area contributed by atoms with E-state index in [1.165, 1.54) is 0 Å². The summed E-state index contributed by atoms with van der Waals surface area (Å²) in [6, 6.07) is 1.51. The first-order chi connectivity index (χ1) is 10.4. The fourth-order valence-electron chi connectivity index (χ4n) is 2.42. The summed E-state index contributed by atoms with van der Waals surface area (Å²) >= 11 is 0. The Morgan fingerprint density at radius 3 is 1.83 bits per heavy atom. The van der Waals surface area contributed by atoms with Gasteiger partial charge < -0.3 is 27.4 Å². The lowest BCUT2D eigenvalue weighted by Crippen LogP contribution is -2.54. The van der Waals surface area contributed by atoms with Gasteiger partial charge >= 0.3 is 24.7 Å². The molecule has 0 aromatic rings. The highest BCUT2D eigenvalue weighted by molar-refractivity contribution is 7.46. The van der Waals surface area contributed by atoms with E-state index in [1.807, 2.05) is 26.2 Å². The number of hydrogen-bond donors (Lipinski definition) is 2. The molecule has 0 aromatic carbocycles. The molecule has 0 bridgehead atoms. The van der Waals surface area contributed by atoms with Crippen LogP contribution in [0.3, 0.4) is 0 Å². The third kappa shape index (κ3) is 9.43. The molecule has 0 amide bonds. The van der Waals surface area contributed by atoms with Crippen LogP contribution in [0.25, 0.3) is 0 Å². The van der Waals surface area contributed by atoms with Crippen LogP contribution in [0.4, 0.5) is 0 Å². The quantitative estimate of drug-likeness (QED) is 0.476. The molecule has 0 aliphatic rings. The van der Waals surface area contributed by atoms with E-state index in [4.69, 9.17) is 18.4 Å². The molecule has 23 heavy (non-hydrogen) atoms. The van der Waals surface area contributed by atoms with Crippen LogP contribution in [0.2, 0.25) is 51.4 Å². The fourth-order valence-corrected chi connectivity index (χ4v) is 27.1. The summed E-state index contributed by atoms with van der Waals surface area (Å²) in [5.74, 6) is 0. The Bertz CT molecular complexity index is 413. The molecule has 11 heteroatoms. The van der Waals surface area contributed by atoms with Crippen LogP contribution in [0.15, 0.2) is 0 Å². The molecule has 0 aromatic heterocycles. The van der Waals surface area contributed by atoms with Crippen LogP contribution in [-0.4, -0.2) is 64.1 Å². The zero-order valence-corrected chi connectivity index (χ0v) is 20.3. The molecular formula is C12H32O6Si5. The summed E-state index contributed by atoms with van der Waals surface area (Å²) in [6.45, 7) is 11.9. The van der Waals surface area contributed by atoms with E-state index >= 15 is 0 Å². The topological polar surface area (TPSA) is 93.1 Å². The first-order valence-electron chi connectivity index (χ1n) is 8.06. The monoisotopic (exact) mass is 412 g/mol. The van der Waals surface area contributed by atoms with E-state index in [1.54, 1.807) is 0 Å². The second kappa shape index (κ2) is 9.75. The van der Waals surface area contributed by atoms with Gasteiger partial charge in [0.2, 0.25) is 0 Å². The highest BCUT2D eigenvalue weighted by atomic mass is 29.6. The molecule has 136 valence electrons. The summed E-state index contributed by atoms with van der Waals surface area (Å²) in [5.41, 5.74) is 0. The predicted molar refractivity (Wildman–Crippen MR) is 101 cm³/mol. The maximum absolute atomic E-state index is 12.6. The van der Waals surface area contributed by atoms with Crippen molar-refractivity contribution in [3.8, 4) is 0 Å². The van der Waals surface area contributed by atoms with Crippen molar-refractivity contribution in [3.63, 3.8) is 0 Å². The molecule has 2 N–H and O–H groups in total. The summed E-state index contributed by atoms with van der Waals surface area (Å²) in [4.78, 5) is 0. The molecular weight excluding hydrogens is 381 g/mol. The van der Waals surface area contributed by atoms with Crippen molar-refractivity contribution in [3.05, 3.63) is 0 Å². The lowest BCUT2D eigenvalue weighted by atomic mass is 10.5. The summed E-state index contributed by atoms with van der Waals surface area (Å²) in [7, 11) is -11.6. The van der Waals surface area contributed by atoms with E-state index in [2.05, 4.69) is 13.1 Å². The number of aliphatic hydroxyl groups excluding tert-OH is 2. The Hall–Kier alpha value is 0.364. The Morgan fingerprint density at radius 1 is 0.870 bits per heavy atom. The molecule has 0 radical (unpaired) electrons. The molecule has 0 unspecified atom stereocenters. The Labute approximate surface area is 145 Å². The number of hydrogen-bond acceptors (Lipinski definition) is 6. The first kappa shape index (κ1) is 23.4. The van der Waals surface area contributed by atoms with Crippen molar-refractivity contribution in [2.45, 2.75) is 64.2 Å². The van der Waals surface area contributed by atoms with Gasteiger partial charge in [0.25, 0.3) is 0 Å². The van der Waals surface area contributed by atoms with Crippen LogP contribution in [-0.2, 0) is 17.2 Å². The standard InChI is InChI=1S/C12H32O6Si5/c1-21(2,11-7-9-13)18-23(5,6)17-19(15)20(16)22(3,4)12-8-10-14/h13-14H,7-12H2,1-6H3. The van der Waals surface area contributed by atoms with Gasteiger partial charge in [-0.2, -0.15) is 0 Å². The lowest BCUT2D eigenvalue weighted by Gasteiger charge is -2.33. The van der Waals surface area contributed by atoms with Gasteiger partial charge in [0.1, 0.15) is 7.59 Å². The second-order valence-corrected chi connectivity index (χ2v) is 31.0.